The SMILES string of the molecule is CC(CCC(=O)O)NCCC1CCN(C(=O)OC(C)(C)C)C1. The van der Waals surface area contributed by atoms with E-state index >= 15 is 0 Å². The van der Waals surface area contributed by atoms with Crippen molar-refractivity contribution >= 4 is 12.1 Å². The zero-order chi connectivity index (χ0) is 16.8. The van der Waals surface area contributed by atoms with Gasteiger partial charge in [0.2, 0.25) is 0 Å². The van der Waals surface area contributed by atoms with Crippen LogP contribution in [-0.2, 0) is 9.53 Å². The van der Waals surface area contributed by atoms with E-state index in [0.717, 1.165) is 32.5 Å². The summed E-state index contributed by atoms with van der Waals surface area (Å²) < 4.78 is 5.38. The first kappa shape index (κ1) is 18.7. The summed E-state index contributed by atoms with van der Waals surface area (Å²) in [5.74, 6) is -0.260. The third-order valence-electron chi connectivity index (χ3n) is 3.77. The van der Waals surface area contributed by atoms with E-state index in [-0.39, 0.29) is 18.6 Å². The Labute approximate surface area is 133 Å². The van der Waals surface area contributed by atoms with Crippen LogP contribution in [0.4, 0.5) is 4.79 Å². The van der Waals surface area contributed by atoms with Crippen molar-refractivity contribution in [3.63, 3.8) is 0 Å². The minimum atomic E-state index is -0.752. The summed E-state index contributed by atoms with van der Waals surface area (Å²) in [6, 6.07) is 0.208. The van der Waals surface area contributed by atoms with Gasteiger partial charge in [-0.1, -0.05) is 0 Å². The van der Waals surface area contributed by atoms with Crippen molar-refractivity contribution < 1.29 is 19.4 Å². The highest BCUT2D eigenvalue weighted by Gasteiger charge is 2.29. The first-order valence-corrected chi connectivity index (χ1v) is 8.10. The molecule has 2 unspecified atom stereocenters. The number of carbonyl (C=O) groups is 2. The number of hydrogen-bond donors (Lipinski definition) is 2. The highest BCUT2D eigenvalue weighted by Crippen LogP contribution is 2.21. The second-order valence-corrected chi connectivity index (χ2v) is 7.16. The molecule has 2 atom stereocenters. The van der Waals surface area contributed by atoms with E-state index in [4.69, 9.17) is 9.84 Å². The van der Waals surface area contributed by atoms with Gasteiger partial charge in [-0.25, -0.2) is 4.79 Å². The number of carboxylic acids is 1. The van der Waals surface area contributed by atoms with Crippen LogP contribution >= 0.6 is 0 Å². The fraction of sp³-hybridized carbons (Fsp3) is 0.875. The Morgan fingerprint density at radius 2 is 2.09 bits per heavy atom. The van der Waals surface area contributed by atoms with Crippen molar-refractivity contribution in [3.8, 4) is 0 Å². The Kier molecular flexibility index (Phi) is 7.13. The molecule has 1 fully saturated rings. The van der Waals surface area contributed by atoms with E-state index in [0.29, 0.717) is 12.3 Å². The maximum Gasteiger partial charge on any atom is 0.410 e. The Balaban J connectivity index is 2.19. The van der Waals surface area contributed by atoms with Crippen LogP contribution in [-0.4, -0.2) is 53.3 Å². The van der Waals surface area contributed by atoms with Gasteiger partial charge in [-0.05, 0) is 59.4 Å². The van der Waals surface area contributed by atoms with Gasteiger partial charge >= 0.3 is 12.1 Å². The van der Waals surface area contributed by atoms with Crippen molar-refractivity contribution in [2.24, 2.45) is 5.92 Å². The van der Waals surface area contributed by atoms with E-state index in [1.54, 1.807) is 4.90 Å². The van der Waals surface area contributed by atoms with Crippen LogP contribution in [0.3, 0.4) is 0 Å². The molecule has 2 N–H and O–H groups in total. The van der Waals surface area contributed by atoms with Crippen LogP contribution in [0.2, 0.25) is 0 Å². The highest BCUT2D eigenvalue weighted by atomic mass is 16.6. The predicted octanol–water partition coefficient (Wildman–Crippen LogP) is 2.48. The van der Waals surface area contributed by atoms with Gasteiger partial charge in [0, 0.05) is 25.6 Å². The molecule has 128 valence electrons. The molecule has 0 saturated carbocycles. The number of rotatable bonds is 7. The standard InChI is InChI=1S/C16H30N2O4/c1-12(5-6-14(19)20)17-9-7-13-8-10-18(11-13)15(21)22-16(2,3)4/h12-13,17H,5-11H2,1-4H3,(H,19,20). The molecule has 0 aromatic carbocycles. The smallest absolute Gasteiger partial charge is 0.410 e. The molecule has 1 rings (SSSR count). The van der Waals surface area contributed by atoms with E-state index in [9.17, 15) is 9.59 Å². The molecule has 0 radical (unpaired) electrons. The molecular weight excluding hydrogens is 284 g/mol. The highest BCUT2D eigenvalue weighted by molar-refractivity contribution is 5.68. The summed E-state index contributed by atoms with van der Waals surface area (Å²) in [6.45, 7) is 10.00. The monoisotopic (exact) mass is 314 g/mol. The topological polar surface area (TPSA) is 78.9 Å². The molecule has 1 amide bonds. The van der Waals surface area contributed by atoms with Crippen LogP contribution in [0.5, 0.6) is 0 Å². The molecule has 6 heteroatoms. The largest absolute Gasteiger partial charge is 0.481 e. The normalized spacial score (nSPS) is 20.0. The molecule has 1 heterocycles. The van der Waals surface area contributed by atoms with Crippen LogP contribution in [0.1, 0.15) is 53.4 Å². The molecule has 1 aliphatic heterocycles. The second kappa shape index (κ2) is 8.36. The Morgan fingerprint density at radius 1 is 1.41 bits per heavy atom. The summed E-state index contributed by atoms with van der Waals surface area (Å²) in [6.07, 6.45) is 2.62. The van der Waals surface area contributed by atoms with Crippen molar-refractivity contribution in [1.29, 1.82) is 0 Å². The predicted molar refractivity (Wildman–Crippen MR) is 84.9 cm³/mol. The van der Waals surface area contributed by atoms with Crippen molar-refractivity contribution in [1.82, 2.24) is 10.2 Å². The molecule has 1 saturated heterocycles. The van der Waals surface area contributed by atoms with Gasteiger partial charge in [0.05, 0.1) is 0 Å². The minimum absolute atomic E-state index is 0.198. The zero-order valence-electron chi connectivity index (χ0n) is 14.2. The van der Waals surface area contributed by atoms with Gasteiger partial charge in [-0.2, -0.15) is 0 Å². The number of nitrogens with one attached hydrogen (secondary N) is 1. The Hall–Kier alpha value is -1.30. The van der Waals surface area contributed by atoms with Gasteiger partial charge < -0.3 is 20.1 Å². The first-order valence-electron chi connectivity index (χ1n) is 8.10. The molecule has 1 aliphatic rings. The number of carboxylic acid groups (broad SMARTS) is 1. The number of aliphatic carboxylic acids is 1. The maximum atomic E-state index is 12.0. The fourth-order valence-electron chi connectivity index (χ4n) is 2.54. The minimum Gasteiger partial charge on any atom is -0.481 e. The summed E-state index contributed by atoms with van der Waals surface area (Å²) in [4.78, 5) is 24.3. The number of hydrogen-bond acceptors (Lipinski definition) is 4. The third kappa shape index (κ3) is 7.64. The van der Waals surface area contributed by atoms with Crippen molar-refractivity contribution in [2.45, 2.75) is 65.0 Å². The van der Waals surface area contributed by atoms with E-state index in [2.05, 4.69) is 5.32 Å². The summed E-state index contributed by atoms with van der Waals surface area (Å²) in [7, 11) is 0. The number of nitrogens with zero attached hydrogens (tertiary/aromatic N) is 1. The van der Waals surface area contributed by atoms with Crippen LogP contribution in [0, 0.1) is 5.92 Å². The number of likely N-dealkylation sites (tertiary alicyclic amines) is 1. The molecule has 6 nitrogen and oxygen atoms in total. The van der Waals surface area contributed by atoms with Crippen molar-refractivity contribution in [3.05, 3.63) is 0 Å². The Bertz CT molecular complexity index is 379. The molecule has 22 heavy (non-hydrogen) atoms. The molecule has 0 aromatic heterocycles. The van der Waals surface area contributed by atoms with Gasteiger partial charge in [0.1, 0.15) is 5.60 Å². The maximum absolute atomic E-state index is 12.0. The van der Waals surface area contributed by atoms with E-state index in [1.165, 1.54) is 0 Å². The quantitative estimate of drug-likeness (QED) is 0.755. The number of ether oxygens (including phenoxy) is 1. The van der Waals surface area contributed by atoms with Crippen molar-refractivity contribution in [2.75, 3.05) is 19.6 Å². The van der Waals surface area contributed by atoms with Gasteiger partial charge in [-0.15, -0.1) is 0 Å². The summed E-state index contributed by atoms with van der Waals surface area (Å²) in [5.41, 5.74) is -0.448. The molecule has 0 spiro atoms. The van der Waals surface area contributed by atoms with Crippen LogP contribution in [0.25, 0.3) is 0 Å². The zero-order valence-corrected chi connectivity index (χ0v) is 14.2. The average molecular weight is 314 g/mol. The van der Waals surface area contributed by atoms with Gasteiger partial charge in [0.25, 0.3) is 0 Å². The fourth-order valence-corrected chi connectivity index (χ4v) is 2.54. The van der Waals surface area contributed by atoms with E-state index in [1.807, 2.05) is 27.7 Å². The molecule has 0 bridgehead atoms. The average Bonchev–Trinajstić information content (AvgIpc) is 2.83. The Morgan fingerprint density at radius 3 is 2.68 bits per heavy atom. The second-order valence-electron chi connectivity index (χ2n) is 7.16. The van der Waals surface area contributed by atoms with Crippen LogP contribution in [0.15, 0.2) is 0 Å². The molecule has 0 aliphatic carbocycles. The third-order valence-corrected chi connectivity index (χ3v) is 3.77. The first-order chi connectivity index (χ1) is 10.2. The summed E-state index contributed by atoms with van der Waals surface area (Å²) >= 11 is 0. The van der Waals surface area contributed by atoms with E-state index < -0.39 is 11.6 Å². The lowest BCUT2D eigenvalue weighted by molar-refractivity contribution is -0.137. The summed E-state index contributed by atoms with van der Waals surface area (Å²) in [5, 5.41) is 12.0. The van der Waals surface area contributed by atoms with Gasteiger partial charge in [-0.3, -0.25) is 4.79 Å². The number of carbonyl (C=O) groups excluding carboxylic acids is 1. The lowest BCUT2D eigenvalue weighted by atomic mass is 10.0. The van der Waals surface area contributed by atoms with Gasteiger partial charge in [0.15, 0.2) is 0 Å². The van der Waals surface area contributed by atoms with Crippen LogP contribution < -0.4 is 5.32 Å². The molecule has 0 aromatic rings. The number of amides is 1. The lowest BCUT2D eigenvalue weighted by Crippen LogP contribution is -2.35. The molecular formula is C16H30N2O4. The lowest BCUT2D eigenvalue weighted by Gasteiger charge is -2.24.